The molecule has 0 radical (unpaired) electrons. The van der Waals surface area contributed by atoms with Crippen LogP contribution in [0.15, 0.2) is 53.0 Å². The molecule has 122 valence electrons. The third-order valence-electron chi connectivity index (χ3n) is 3.60. The summed E-state index contributed by atoms with van der Waals surface area (Å²) in [5.74, 6) is -0.00476. The molecule has 0 aliphatic heterocycles. The molecule has 0 unspecified atom stereocenters. The van der Waals surface area contributed by atoms with Crippen LogP contribution in [0.2, 0.25) is 5.02 Å². The molecule has 1 N–H and O–H groups in total. The topological polar surface area (TPSA) is 38.3 Å². The van der Waals surface area contributed by atoms with Gasteiger partial charge < -0.3 is 10.1 Å². The molecular formula is C18H19BrClNO2. The predicted octanol–water partition coefficient (Wildman–Crippen LogP) is 4.54. The van der Waals surface area contributed by atoms with Crippen LogP contribution >= 0.6 is 27.5 Å². The highest BCUT2D eigenvalue weighted by Crippen LogP contribution is 2.24. The second kappa shape index (κ2) is 9.06. The maximum absolute atomic E-state index is 12.0. The van der Waals surface area contributed by atoms with Gasteiger partial charge in [-0.2, -0.15) is 0 Å². The maximum atomic E-state index is 12.0. The normalized spacial score (nSPS) is 12.0. The molecule has 2 rings (SSSR count). The summed E-state index contributed by atoms with van der Waals surface area (Å²) in [6, 6.07) is 15.4. The smallest absolute Gasteiger partial charge is 0.220 e. The van der Waals surface area contributed by atoms with Gasteiger partial charge >= 0.3 is 0 Å². The van der Waals surface area contributed by atoms with Crippen LogP contribution in [0.25, 0.3) is 0 Å². The van der Waals surface area contributed by atoms with E-state index < -0.39 is 0 Å². The first-order chi connectivity index (χ1) is 11.1. The summed E-state index contributed by atoms with van der Waals surface area (Å²) in [6.07, 6.45) is 0.870. The van der Waals surface area contributed by atoms with E-state index in [0.717, 1.165) is 15.6 Å². The lowest BCUT2D eigenvalue weighted by Crippen LogP contribution is -2.29. The van der Waals surface area contributed by atoms with Crippen molar-refractivity contribution in [2.45, 2.75) is 18.9 Å². The highest BCUT2D eigenvalue weighted by molar-refractivity contribution is 9.10. The van der Waals surface area contributed by atoms with E-state index in [-0.39, 0.29) is 12.0 Å². The van der Waals surface area contributed by atoms with E-state index in [1.165, 1.54) is 0 Å². The third-order valence-corrected chi connectivity index (χ3v) is 4.72. The van der Waals surface area contributed by atoms with Gasteiger partial charge in [0.1, 0.15) is 6.10 Å². The summed E-state index contributed by atoms with van der Waals surface area (Å²) in [5.41, 5.74) is 2.00. The Balaban J connectivity index is 1.86. The van der Waals surface area contributed by atoms with Crippen molar-refractivity contribution < 1.29 is 9.53 Å². The van der Waals surface area contributed by atoms with E-state index in [1.807, 2.05) is 48.5 Å². The number of hydrogen-bond acceptors (Lipinski definition) is 2. The number of methoxy groups -OCH3 is 1. The fourth-order valence-electron chi connectivity index (χ4n) is 2.30. The zero-order chi connectivity index (χ0) is 16.7. The Kier molecular flexibility index (Phi) is 7.09. The number of halogens is 2. The van der Waals surface area contributed by atoms with Crippen molar-refractivity contribution in [3.63, 3.8) is 0 Å². The molecule has 3 nitrogen and oxygen atoms in total. The first-order valence-electron chi connectivity index (χ1n) is 7.39. The first kappa shape index (κ1) is 18.0. The summed E-state index contributed by atoms with van der Waals surface area (Å²) < 4.78 is 6.47. The van der Waals surface area contributed by atoms with Gasteiger partial charge in [0.2, 0.25) is 5.91 Å². The Morgan fingerprint density at radius 3 is 2.61 bits per heavy atom. The largest absolute Gasteiger partial charge is 0.375 e. The van der Waals surface area contributed by atoms with Crippen molar-refractivity contribution in [1.82, 2.24) is 5.32 Å². The van der Waals surface area contributed by atoms with Gasteiger partial charge in [-0.05, 0) is 24.1 Å². The quantitative estimate of drug-likeness (QED) is 0.746. The van der Waals surface area contributed by atoms with Crippen molar-refractivity contribution >= 4 is 33.4 Å². The molecule has 5 heteroatoms. The van der Waals surface area contributed by atoms with Gasteiger partial charge in [-0.1, -0.05) is 63.9 Å². The number of hydrogen-bond donors (Lipinski definition) is 1. The number of nitrogens with one attached hydrogen (secondary N) is 1. The summed E-state index contributed by atoms with van der Waals surface area (Å²) in [4.78, 5) is 12.0. The molecule has 0 fully saturated rings. The molecule has 1 atom stereocenters. The maximum Gasteiger partial charge on any atom is 0.220 e. The highest BCUT2D eigenvalue weighted by atomic mass is 79.9. The Bertz CT molecular complexity index is 663. The fraction of sp³-hybridized carbons (Fsp3) is 0.278. The molecule has 0 saturated carbocycles. The van der Waals surface area contributed by atoms with Crippen molar-refractivity contribution in [3.05, 3.63) is 69.2 Å². The molecule has 0 aliphatic rings. The minimum atomic E-state index is -0.254. The fourth-order valence-corrected chi connectivity index (χ4v) is 3.04. The molecule has 0 spiro atoms. The number of aryl methyl sites for hydroxylation is 1. The van der Waals surface area contributed by atoms with E-state index in [1.54, 1.807) is 7.11 Å². The van der Waals surface area contributed by atoms with Crippen LogP contribution in [-0.2, 0) is 16.0 Å². The Morgan fingerprint density at radius 1 is 1.22 bits per heavy atom. The minimum Gasteiger partial charge on any atom is -0.375 e. The molecule has 23 heavy (non-hydrogen) atoms. The van der Waals surface area contributed by atoms with Gasteiger partial charge in [0.15, 0.2) is 0 Å². The SMILES string of the molecule is CO[C@@H](CNC(=O)CCc1ccccc1Br)c1ccccc1Cl. The van der Waals surface area contributed by atoms with Crippen LogP contribution in [0.4, 0.5) is 0 Å². The first-order valence-corrected chi connectivity index (χ1v) is 8.56. The molecular weight excluding hydrogens is 378 g/mol. The zero-order valence-corrected chi connectivity index (χ0v) is 15.2. The van der Waals surface area contributed by atoms with Crippen molar-refractivity contribution in [1.29, 1.82) is 0 Å². The standard InChI is InChI=1S/C18H19BrClNO2/c1-23-17(14-7-3-5-9-16(14)20)12-21-18(22)11-10-13-6-2-4-8-15(13)19/h2-9,17H,10-12H2,1H3,(H,21,22)/t17-/m0/s1. The van der Waals surface area contributed by atoms with Gasteiger partial charge in [-0.15, -0.1) is 0 Å². The third kappa shape index (κ3) is 5.34. The van der Waals surface area contributed by atoms with Crippen molar-refractivity contribution in [2.75, 3.05) is 13.7 Å². The summed E-state index contributed by atoms with van der Waals surface area (Å²) >= 11 is 9.67. The Labute approximate surface area is 150 Å². The molecule has 0 bridgehead atoms. The molecule has 0 aliphatic carbocycles. The summed E-state index contributed by atoms with van der Waals surface area (Å²) in [6.45, 7) is 0.398. The van der Waals surface area contributed by atoms with Crippen LogP contribution in [0.1, 0.15) is 23.7 Å². The van der Waals surface area contributed by atoms with Crippen molar-refractivity contribution in [3.8, 4) is 0 Å². The lowest BCUT2D eigenvalue weighted by molar-refractivity contribution is -0.121. The van der Waals surface area contributed by atoms with Gasteiger partial charge in [-0.25, -0.2) is 0 Å². The second-order valence-electron chi connectivity index (χ2n) is 5.14. The second-order valence-corrected chi connectivity index (χ2v) is 6.40. The summed E-state index contributed by atoms with van der Waals surface area (Å²) in [5, 5.41) is 3.55. The van der Waals surface area contributed by atoms with Gasteiger partial charge in [0.05, 0.1) is 0 Å². The molecule has 0 saturated heterocycles. The van der Waals surface area contributed by atoms with Gasteiger partial charge in [-0.3, -0.25) is 4.79 Å². The van der Waals surface area contributed by atoms with Gasteiger partial charge in [0.25, 0.3) is 0 Å². The minimum absolute atomic E-state index is 0.00476. The molecule has 2 aromatic carbocycles. The molecule has 0 heterocycles. The molecule has 1 amide bonds. The number of carbonyl (C=O) groups excluding carboxylic acids is 1. The highest BCUT2D eigenvalue weighted by Gasteiger charge is 2.15. The lowest BCUT2D eigenvalue weighted by Gasteiger charge is -2.17. The Morgan fingerprint density at radius 2 is 1.91 bits per heavy atom. The predicted molar refractivity (Wildman–Crippen MR) is 96.7 cm³/mol. The lowest BCUT2D eigenvalue weighted by atomic mass is 10.1. The number of ether oxygens (including phenoxy) is 1. The average molecular weight is 397 g/mol. The Hall–Kier alpha value is -1.36. The molecule has 0 aromatic heterocycles. The van der Waals surface area contributed by atoms with E-state index in [9.17, 15) is 4.79 Å². The van der Waals surface area contributed by atoms with Crippen LogP contribution < -0.4 is 5.32 Å². The number of amides is 1. The monoisotopic (exact) mass is 395 g/mol. The van der Waals surface area contributed by atoms with E-state index in [4.69, 9.17) is 16.3 Å². The number of benzene rings is 2. The zero-order valence-electron chi connectivity index (χ0n) is 12.9. The van der Waals surface area contributed by atoms with Crippen LogP contribution in [0, 0.1) is 0 Å². The van der Waals surface area contributed by atoms with Crippen LogP contribution in [0.5, 0.6) is 0 Å². The van der Waals surface area contributed by atoms with E-state index in [2.05, 4.69) is 21.2 Å². The van der Waals surface area contributed by atoms with Crippen LogP contribution in [0.3, 0.4) is 0 Å². The van der Waals surface area contributed by atoms with E-state index >= 15 is 0 Å². The van der Waals surface area contributed by atoms with Crippen molar-refractivity contribution in [2.24, 2.45) is 0 Å². The van der Waals surface area contributed by atoms with E-state index in [0.29, 0.717) is 24.4 Å². The average Bonchev–Trinajstić information content (AvgIpc) is 2.56. The number of carbonyl (C=O) groups is 1. The number of rotatable bonds is 7. The molecule has 2 aromatic rings. The van der Waals surface area contributed by atoms with Crippen LogP contribution in [-0.4, -0.2) is 19.6 Å². The van der Waals surface area contributed by atoms with Gasteiger partial charge in [0, 0.05) is 35.1 Å². The summed E-state index contributed by atoms with van der Waals surface area (Å²) in [7, 11) is 1.61.